The quantitative estimate of drug-likeness (QED) is 0.492. The van der Waals surface area contributed by atoms with E-state index in [-0.39, 0.29) is 18.0 Å². The molecule has 1 rings (SSSR count). The molecule has 1 amide bonds. The summed E-state index contributed by atoms with van der Waals surface area (Å²) in [5.41, 5.74) is 0. The second kappa shape index (κ2) is 9.73. The van der Waals surface area contributed by atoms with Gasteiger partial charge in [-0.3, -0.25) is 14.5 Å². The summed E-state index contributed by atoms with van der Waals surface area (Å²) in [7, 11) is 3.53. The van der Waals surface area contributed by atoms with Crippen LogP contribution in [0.5, 0.6) is 0 Å². The molecule has 1 saturated heterocycles. The summed E-state index contributed by atoms with van der Waals surface area (Å²) in [4.78, 5) is 27.0. The highest BCUT2D eigenvalue weighted by atomic mass is 16.5. The highest BCUT2D eigenvalue weighted by Crippen LogP contribution is 2.14. The van der Waals surface area contributed by atoms with Gasteiger partial charge in [0.2, 0.25) is 5.91 Å². The van der Waals surface area contributed by atoms with E-state index in [1.54, 1.807) is 19.0 Å². The molecule has 0 unspecified atom stereocenters. The number of hydrogen-bond acceptors (Lipinski definition) is 5. The van der Waals surface area contributed by atoms with Gasteiger partial charge in [0.05, 0.1) is 6.54 Å². The smallest absolute Gasteiger partial charge is 0.306 e. The maximum absolute atomic E-state index is 11.7. The Kier molecular flexibility index (Phi) is 8.30. The number of hydrogen-bond donors (Lipinski definition) is 0. The molecule has 1 fully saturated rings. The summed E-state index contributed by atoms with van der Waals surface area (Å²) in [5, 5.41) is 0. The van der Waals surface area contributed by atoms with E-state index in [4.69, 9.17) is 9.47 Å². The van der Waals surface area contributed by atoms with Crippen LogP contribution in [0.1, 0.15) is 32.6 Å². The molecule has 1 aliphatic rings. The average Bonchev–Trinajstić information content (AvgIpc) is 2.45. The van der Waals surface area contributed by atoms with Crippen LogP contribution in [-0.2, 0) is 19.1 Å². The lowest BCUT2D eigenvalue weighted by molar-refractivity contribution is -0.152. The number of carbonyl (C=O) groups excluding carboxylic acids is 2. The van der Waals surface area contributed by atoms with Crippen molar-refractivity contribution < 1.29 is 19.1 Å². The molecular weight excluding hydrogens is 272 g/mol. The normalized spacial score (nSPS) is 16.7. The highest BCUT2D eigenvalue weighted by molar-refractivity contribution is 5.77. The molecule has 0 bridgehead atoms. The Labute approximate surface area is 127 Å². The molecule has 0 aromatic heterocycles. The summed E-state index contributed by atoms with van der Waals surface area (Å²) in [5.74, 6) is -0.0288. The molecule has 0 aliphatic carbocycles. The first-order valence-corrected chi connectivity index (χ1v) is 7.72. The number of nitrogens with zero attached hydrogens (tertiary/aromatic N) is 2. The summed E-state index contributed by atoms with van der Waals surface area (Å²) in [6, 6.07) is 0. The van der Waals surface area contributed by atoms with E-state index in [0.717, 1.165) is 25.9 Å². The van der Waals surface area contributed by atoms with E-state index in [2.05, 4.69) is 4.90 Å². The molecule has 0 aromatic rings. The third-order valence-electron chi connectivity index (χ3n) is 3.56. The zero-order valence-corrected chi connectivity index (χ0v) is 13.5. The number of rotatable bonds is 8. The molecule has 1 heterocycles. The summed E-state index contributed by atoms with van der Waals surface area (Å²) in [6.07, 6.45) is 2.73. The first-order valence-electron chi connectivity index (χ1n) is 7.72. The molecule has 1 aliphatic heterocycles. The molecule has 0 radical (unpaired) electrons. The fraction of sp³-hybridized carbons (Fsp3) is 0.867. The minimum Gasteiger partial charge on any atom is -0.462 e. The Bertz CT molecular complexity index is 326. The fourth-order valence-electron chi connectivity index (χ4n) is 2.23. The van der Waals surface area contributed by atoms with Crippen molar-refractivity contribution in [3.05, 3.63) is 0 Å². The third-order valence-corrected chi connectivity index (χ3v) is 3.56. The monoisotopic (exact) mass is 300 g/mol. The second-order valence-electron chi connectivity index (χ2n) is 5.55. The maximum Gasteiger partial charge on any atom is 0.306 e. The maximum atomic E-state index is 11.7. The number of likely N-dealkylation sites (N-methyl/N-ethyl adjacent to an activating group) is 1. The van der Waals surface area contributed by atoms with E-state index in [1.807, 2.05) is 6.92 Å². The van der Waals surface area contributed by atoms with E-state index in [0.29, 0.717) is 32.6 Å². The lowest BCUT2D eigenvalue weighted by atomic mass is 10.1. The minimum atomic E-state index is -0.141. The number of esters is 1. The lowest BCUT2D eigenvalue weighted by Crippen LogP contribution is -2.43. The van der Waals surface area contributed by atoms with E-state index < -0.39 is 0 Å². The fourth-order valence-corrected chi connectivity index (χ4v) is 2.23. The van der Waals surface area contributed by atoms with Gasteiger partial charge in [0.25, 0.3) is 0 Å². The van der Waals surface area contributed by atoms with Crippen LogP contribution in [0.2, 0.25) is 0 Å². The van der Waals surface area contributed by atoms with Gasteiger partial charge in [-0.05, 0) is 26.2 Å². The Morgan fingerprint density at radius 1 is 1.24 bits per heavy atom. The van der Waals surface area contributed by atoms with Crippen LogP contribution in [0.15, 0.2) is 0 Å². The summed E-state index contributed by atoms with van der Waals surface area (Å²) in [6.45, 7) is 5.28. The van der Waals surface area contributed by atoms with Gasteiger partial charge in [-0.1, -0.05) is 0 Å². The van der Waals surface area contributed by atoms with Gasteiger partial charge >= 0.3 is 5.97 Å². The number of likely N-dealkylation sites (tertiary alicyclic amines) is 1. The SMILES string of the molecule is CCOCCCC(=O)OC1CCN(CC(=O)N(C)C)CC1. The number of carbonyl (C=O) groups is 2. The number of ether oxygens (including phenoxy) is 2. The standard InChI is InChI=1S/C15H28N2O4/c1-4-20-11-5-6-15(19)21-13-7-9-17(10-8-13)12-14(18)16(2)3/h13H,4-12H2,1-3H3. The van der Waals surface area contributed by atoms with Crippen molar-refractivity contribution >= 4 is 11.9 Å². The van der Waals surface area contributed by atoms with Crippen molar-refractivity contribution in [2.24, 2.45) is 0 Å². The first kappa shape index (κ1) is 17.9. The molecule has 0 saturated carbocycles. The molecule has 122 valence electrons. The molecule has 6 heteroatoms. The number of amides is 1. The van der Waals surface area contributed by atoms with Crippen molar-refractivity contribution in [1.29, 1.82) is 0 Å². The van der Waals surface area contributed by atoms with Crippen molar-refractivity contribution in [2.75, 3.05) is 46.9 Å². The molecule has 21 heavy (non-hydrogen) atoms. The largest absolute Gasteiger partial charge is 0.462 e. The van der Waals surface area contributed by atoms with Crippen LogP contribution in [-0.4, -0.2) is 74.7 Å². The minimum absolute atomic E-state index is 0.00435. The third kappa shape index (κ3) is 7.43. The van der Waals surface area contributed by atoms with Crippen LogP contribution >= 0.6 is 0 Å². The predicted octanol–water partition coefficient (Wildman–Crippen LogP) is 0.899. The van der Waals surface area contributed by atoms with Crippen LogP contribution < -0.4 is 0 Å². The molecule has 0 N–H and O–H groups in total. The predicted molar refractivity (Wildman–Crippen MR) is 80.0 cm³/mol. The van der Waals surface area contributed by atoms with Crippen molar-refractivity contribution in [2.45, 2.75) is 38.7 Å². The van der Waals surface area contributed by atoms with Crippen molar-refractivity contribution in [3.8, 4) is 0 Å². The first-order chi connectivity index (χ1) is 10.0. The Morgan fingerprint density at radius 3 is 2.48 bits per heavy atom. The van der Waals surface area contributed by atoms with Gasteiger partial charge in [-0.15, -0.1) is 0 Å². The van der Waals surface area contributed by atoms with Gasteiger partial charge in [-0.25, -0.2) is 0 Å². The van der Waals surface area contributed by atoms with E-state index in [9.17, 15) is 9.59 Å². The van der Waals surface area contributed by atoms with E-state index in [1.165, 1.54) is 0 Å². The molecule has 0 atom stereocenters. The van der Waals surface area contributed by atoms with Crippen LogP contribution in [0, 0.1) is 0 Å². The zero-order valence-electron chi connectivity index (χ0n) is 13.5. The van der Waals surface area contributed by atoms with Crippen molar-refractivity contribution in [1.82, 2.24) is 9.80 Å². The molecule has 0 aromatic carbocycles. The van der Waals surface area contributed by atoms with Crippen molar-refractivity contribution in [3.63, 3.8) is 0 Å². The highest BCUT2D eigenvalue weighted by Gasteiger charge is 2.23. The van der Waals surface area contributed by atoms with Crippen LogP contribution in [0.25, 0.3) is 0 Å². The van der Waals surface area contributed by atoms with E-state index >= 15 is 0 Å². The van der Waals surface area contributed by atoms with Gasteiger partial charge < -0.3 is 14.4 Å². The lowest BCUT2D eigenvalue weighted by Gasteiger charge is -2.31. The van der Waals surface area contributed by atoms with Gasteiger partial charge in [-0.2, -0.15) is 0 Å². The Hall–Kier alpha value is -1.14. The molecule has 0 spiro atoms. The number of piperidine rings is 1. The summed E-state index contributed by atoms with van der Waals surface area (Å²) >= 11 is 0. The second-order valence-corrected chi connectivity index (χ2v) is 5.55. The summed E-state index contributed by atoms with van der Waals surface area (Å²) < 4.78 is 10.6. The Morgan fingerprint density at radius 2 is 1.90 bits per heavy atom. The zero-order chi connectivity index (χ0) is 15.7. The van der Waals surface area contributed by atoms with Gasteiger partial charge in [0.15, 0.2) is 0 Å². The molecular formula is C15H28N2O4. The van der Waals surface area contributed by atoms with Crippen LogP contribution in [0.3, 0.4) is 0 Å². The van der Waals surface area contributed by atoms with Gasteiger partial charge in [0, 0.05) is 46.8 Å². The van der Waals surface area contributed by atoms with Gasteiger partial charge in [0.1, 0.15) is 6.10 Å². The molecule has 6 nitrogen and oxygen atoms in total. The average molecular weight is 300 g/mol. The topological polar surface area (TPSA) is 59.1 Å². The van der Waals surface area contributed by atoms with Crippen LogP contribution in [0.4, 0.5) is 0 Å². The Balaban J connectivity index is 2.15.